The molecule has 0 aliphatic rings. The summed E-state index contributed by atoms with van der Waals surface area (Å²) in [4.78, 5) is 26.7. The van der Waals surface area contributed by atoms with Crippen molar-refractivity contribution in [2.45, 2.75) is 18.9 Å². The van der Waals surface area contributed by atoms with Gasteiger partial charge < -0.3 is 16.2 Å². The summed E-state index contributed by atoms with van der Waals surface area (Å²) < 4.78 is 0. The molecule has 0 saturated heterocycles. The summed E-state index contributed by atoms with van der Waals surface area (Å²) in [5.74, 6) is -0.699. The summed E-state index contributed by atoms with van der Waals surface area (Å²) >= 11 is 1.54. The number of nitrogens with zero attached hydrogens (tertiary/aromatic N) is 1. The number of carbonyl (C=O) groups is 2. The number of rotatable bonds is 7. The quantitative estimate of drug-likeness (QED) is 0.674. The number of thioether (sulfide) groups is 1. The van der Waals surface area contributed by atoms with E-state index in [4.69, 9.17) is 10.8 Å². The van der Waals surface area contributed by atoms with Gasteiger partial charge in [-0.25, -0.2) is 4.79 Å². The zero-order valence-corrected chi connectivity index (χ0v) is 11.4. The average Bonchev–Trinajstić information content (AvgIpc) is 2.37. The molecule has 1 amide bonds. The van der Waals surface area contributed by atoms with Crippen LogP contribution in [-0.4, -0.2) is 40.0 Å². The van der Waals surface area contributed by atoms with Crippen LogP contribution in [-0.2, 0) is 16.0 Å². The van der Waals surface area contributed by atoms with E-state index in [9.17, 15) is 9.59 Å². The SMILES string of the molecule is CSCC[C@@H](NC(=O)Cc1ccc(N)cn1)C(=O)O. The van der Waals surface area contributed by atoms with Crippen LogP contribution in [0, 0.1) is 0 Å². The van der Waals surface area contributed by atoms with E-state index in [0.717, 1.165) is 0 Å². The Bertz CT molecular complexity index is 436. The third kappa shape index (κ3) is 5.60. The molecule has 0 aliphatic carbocycles. The molecule has 0 spiro atoms. The lowest BCUT2D eigenvalue weighted by Gasteiger charge is -2.13. The number of aliphatic carboxylic acids is 1. The van der Waals surface area contributed by atoms with Crippen LogP contribution in [0.25, 0.3) is 0 Å². The molecule has 1 aromatic heterocycles. The van der Waals surface area contributed by atoms with Crippen molar-refractivity contribution in [2.75, 3.05) is 17.7 Å². The lowest BCUT2D eigenvalue weighted by molar-refractivity contribution is -0.141. The number of carboxylic acids is 1. The van der Waals surface area contributed by atoms with Gasteiger partial charge in [0.15, 0.2) is 0 Å². The number of aromatic nitrogens is 1. The first kappa shape index (κ1) is 15.3. The van der Waals surface area contributed by atoms with E-state index < -0.39 is 12.0 Å². The fourth-order valence-electron chi connectivity index (χ4n) is 1.44. The fourth-order valence-corrected chi connectivity index (χ4v) is 1.91. The van der Waals surface area contributed by atoms with Crippen LogP contribution in [0.4, 0.5) is 5.69 Å². The van der Waals surface area contributed by atoms with Gasteiger partial charge in [-0.3, -0.25) is 9.78 Å². The van der Waals surface area contributed by atoms with Crippen molar-refractivity contribution in [3.63, 3.8) is 0 Å². The molecule has 104 valence electrons. The molecular formula is C12H17N3O3S. The predicted molar refractivity (Wildman–Crippen MR) is 74.9 cm³/mol. The molecule has 0 aromatic carbocycles. The van der Waals surface area contributed by atoms with Gasteiger partial charge in [-0.2, -0.15) is 11.8 Å². The summed E-state index contributed by atoms with van der Waals surface area (Å²) in [7, 11) is 0. The lowest BCUT2D eigenvalue weighted by Crippen LogP contribution is -2.42. The Morgan fingerprint density at radius 2 is 2.26 bits per heavy atom. The number of anilines is 1. The number of hydrogen-bond acceptors (Lipinski definition) is 5. The van der Waals surface area contributed by atoms with Gasteiger partial charge >= 0.3 is 5.97 Å². The molecular weight excluding hydrogens is 266 g/mol. The Hall–Kier alpha value is -1.76. The smallest absolute Gasteiger partial charge is 0.326 e. The molecule has 7 heteroatoms. The second-order valence-electron chi connectivity index (χ2n) is 4.00. The highest BCUT2D eigenvalue weighted by Crippen LogP contribution is 2.04. The first-order valence-corrected chi connectivity index (χ1v) is 7.14. The second kappa shape index (κ2) is 7.63. The highest BCUT2D eigenvalue weighted by Gasteiger charge is 2.19. The maximum Gasteiger partial charge on any atom is 0.326 e. The van der Waals surface area contributed by atoms with E-state index in [-0.39, 0.29) is 12.3 Å². The summed E-state index contributed by atoms with van der Waals surface area (Å²) in [5, 5.41) is 11.5. The highest BCUT2D eigenvalue weighted by atomic mass is 32.2. The third-order valence-electron chi connectivity index (χ3n) is 2.43. The van der Waals surface area contributed by atoms with Crippen LogP contribution in [0.3, 0.4) is 0 Å². The van der Waals surface area contributed by atoms with E-state index in [1.54, 1.807) is 12.1 Å². The van der Waals surface area contributed by atoms with Crippen molar-refractivity contribution in [3.05, 3.63) is 24.0 Å². The number of nitrogens with one attached hydrogen (secondary N) is 1. The van der Waals surface area contributed by atoms with E-state index in [2.05, 4.69) is 10.3 Å². The van der Waals surface area contributed by atoms with Gasteiger partial charge in [-0.15, -0.1) is 0 Å². The van der Waals surface area contributed by atoms with Gasteiger partial charge in [0, 0.05) is 5.69 Å². The Morgan fingerprint density at radius 1 is 1.53 bits per heavy atom. The van der Waals surface area contributed by atoms with Crippen molar-refractivity contribution < 1.29 is 14.7 Å². The standard InChI is InChI=1S/C12H17N3O3S/c1-19-5-4-10(12(17)18)15-11(16)6-9-3-2-8(13)7-14-9/h2-3,7,10H,4-6,13H2,1H3,(H,15,16)(H,17,18)/t10-/m1/s1. The molecule has 0 unspecified atom stereocenters. The van der Waals surface area contributed by atoms with E-state index in [1.165, 1.54) is 18.0 Å². The van der Waals surface area contributed by atoms with Crippen LogP contribution in [0.5, 0.6) is 0 Å². The Balaban J connectivity index is 2.52. The van der Waals surface area contributed by atoms with Gasteiger partial charge in [-0.05, 0) is 30.6 Å². The molecule has 0 radical (unpaired) electrons. The minimum absolute atomic E-state index is 0.0450. The monoisotopic (exact) mass is 283 g/mol. The minimum atomic E-state index is -1.02. The Morgan fingerprint density at radius 3 is 2.79 bits per heavy atom. The normalized spacial score (nSPS) is 11.8. The molecule has 0 saturated carbocycles. The van der Waals surface area contributed by atoms with Crippen LogP contribution in [0.2, 0.25) is 0 Å². The Labute approximate surface area is 115 Å². The molecule has 0 bridgehead atoms. The zero-order chi connectivity index (χ0) is 14.3. The van der Waals surface area contributed by atoms with E-state index in [0.29, 0.717) is 23.6 Å². The number of pyridine rings is 1. The minimum Gasteiger partial charge on any atom is -0.480 e. The fraction of sp³-hybridized carbons (Fsp3) is 0.417. The summed E-state index contributed by atoms with van der Waals surface area (Å²) in [6.45, 7) is 0. The van der Waals surface area contributed by atoms with Crippen molar-refractivity contribution in [2.24, 2.45) is 0 Å². The first-order valence-electron chi connectivity index (χ1n) is 5.74. The molecule has 0 aliphatic heterocycles. The molecule has 1 heterocycles. The zero-order valence-electron chi connectivity index (χ0n) is 10.6. The van der Waals surface area contributed by atoms with Crippen molar-refractivity contribution in [1.29, 1.82) is 0 Å². The van der Waals surface area contributed by atoms with Gasteiger partial charge in [0.1, 0.15) is 6.04 Å². The molecule has 4 N–H and O–H groups in total. The Kier molecular flexibility index (Phi) is 6.14. The van der Waals surface area contributed by atoms with Crippen molar-refractivity contribution in [3.8, 4) is 0 Å². The van der Waals surface area contributed by atoms with Gasteiger partial charge in [0.2, 0.25) is 5.91 Å². The van der Waals surface area contributed by atoms with Crippen molar-refractivity contribution >= 4 is 29.3 Å². The number of amides is 1. The summed E-state index contributed by atoms with van der Waals surface area (Å²) in [6, 6.07) is 2.44. The second-order valence-corrected chi connectivity index (χ2v) is 4.99. The maximum absolute atomic E-state index is 11.7. The molecule has 1 rings (SSSR count). The van der Waals surface area contributed by atoms with Crippen LogP contribution < -0.4 is 11.1 Å². The average molecular weight is 283 g/mol. The van der Waals surface area contributed by atoms with Crippen LogP contribution in [0.1, 0.15) is 12.1 Å². The number of hydrogen-bond donors (Lipinski definition) is 3. The molecule has 19 heavy (non-hydrogen) atoms. The van der Waals surface area contributed by atoms with Gasteiger partial charge in [-0.1, -0.05) is 0 Å². The van der Waals surface area contributed by atoms with Crippen molar-refractivity contribution in [1.82, 2.24) is 10.3 Å². The van der Waals surface area contributed by atoms with E-state index >= 15 is 0 Å². The molecule has 1 atom stereocenters. The topological polar surface area (TPSA) is 105 Å². The van der Waals surface area contributed by atoms with Crippen LogP contribution in [0.15, 0.2) is 18.3 Å². The highest BCUT2D eigenvalue weighted by molar-refractivity contribution is 7.98. The number of nitrogen functional groups attached to an aromatic ring is 1. The number of nitrogens with two attached hydrogens (primary N) is 1. The molecule has 6 nitrogen and oxygen atoms in total. The maximum atomic E-state index is 11.7. The summed E-state index contributed by atoms with van der Waals surface area (Å²) in [5.41, 5.74) is 6.57. The largest absolute Gasteiger partial charge is 0.480 e. The lowest BCUT2D eigenvalue weighted by atomic mass is 10.2. The van der Waals surface area contributed by atoms with Gasteiger partial charge in [0.25, 0.3) is 0 Å². The third-order valence-corrected chi connectivity index (χ3v) is 3.08. The predicted octanol–water partition coefficient (Wildman–Crippen LogP) is 0.529. The molecule has 1 aromatic rings. The van der Waals surface area contributed by atoms with E-state index in [1.807, 2.05) is 6.26 Å². The van der Waals surface area contributed by atoms with Crippen LogP contribution >= 0.6 is 11.8 Å². The number of carbonyl (C=O) groups excluding carboxylic acids is 1. The van der Waals surface area contributed by atoms with Gasteiger partial charge in [0.05, 0.1) is 18.3 Å². The number of carboxylic acid groups (broad SMARTS) is 1. The summed E-state index contributed by atoms with van der Waals surface area (Å²) in [6.07, 6.45) is 3.80. The molecule has 0 fully saturated rings. The first-order chi connectivity index (χ1) is 9.02.